The number of halogens is 1. The molecule has 1 saturated carbocycles. The number of hydrogen-bond acceptors (Lipinski definition) is 3. The molecule has 0 aromatic heterocycles. The maximum Gasteiger partial charge on any atom is 0.315 e. The Labute approximate surface area is 136 Å². The van der Waals surface area contributed by atoms with Gasteiger partial charge in [0.15, 0.2) is 11.6 Å². The lowest BCUT2D eigenvalue weighted by Gasteiger charge is -2.32. The number of amides is 2. The van der Waals surface area contributed by atoms with Gasteiger partial charge in [-0.2, -0.15) is 0 Å². The third-order valence-corrected chi connectivity index (χ3v) is 4.39. The molecule has 0 radical (unpaired) electrons. The summed E-state index contributed by atoms with van der Waals surface area (Å²) in [7, 11) is 1.41. The molecule has 1 aliphatic rings. The monoisotopic (exact) mass is 324 g/mol. The van der Waals surface area contributed by atoms with E-state index in [4.69, 9.17) is 4.74 Å². The molecule has 0 saturated heterocycles. The molecule has 2 amide bonds. The van der Waals surface area contributed by atoms with Crippen molar-refractivity contribution in [1.29, 1.82) is 0 Å². The van der Waals surface area contributed by atoms with Crippen LogP contribution in [0.3, 0.4) is 0 Å². The number of urea groups is 1. The standard InChI is InChI=1S/C17H25FN2O3/c1-12(13-6-7-15(23-2)14(18)10-13)20-16(21)19-11-17(22)8-4-3-5-9-17/h6-7,10,12,22H,3-5,8-9,11H2,1-2H3,(H2,19,20,21). The Bertz CT molecular complexity index is 545. The first-order valence-corrected chi connectivity index (χ1v) is 8.04. The second kappa shape index (κ2) is 7.64. The Kier molecular flexibility index (Phi) is 5.82. The van der Waals surface area contributed by atoms with Crippen LogP contribution in [-0.2, 0) is 0 Å². The predicted molar refractivity (Wildman–Crippen MR) is 85.9 cm³/mol. The third kappa shape index (κ3) is 4.82. The highest BCUT2D eigenvalue weighted by atomic mass is 19.1. The molecule has 1 fully saturated rings. The van der Waals surface area contributed by atoms with Crippen LogP contribution in [0.25, 0.3) is 0 Å². The van der Waals surface area contributed by atoms with E-state index in [2.05, 4.69) is 10.6 Å². The lowest BCUT2D eigenvalue weighted by Crippen LogP contribution is -2.47. The highest BCUT2D eigenvalue weighted by molar-refractivity contribution is 5.74. The molecule has 1 aromatic carbocycles. The van der Waals surface area contributed by atoms with E-state index in [0.29, 0.717) is 18.4 Å². The molecule has 1 unspecified atom stereocenters. The maximum absolute atomic E-state index is 13.7. The molecule has 2 rings (SSSR count). The summed E-state index contributed by atoms with van der Waals surface area (Å²) in [4.78, 5) is 12.0. The SMILES string of the molecule is COc1ccc(C(C)NC(=O)NCC2(O)CCCCC2)cc1F. The lowest BCUT2D eigenvalue weighted by molar-refractivity contribution is 0.00714. The number of hydrogen-bond donors (Lipinski definition) is 3. The van der Waals surface area contributed by atoms with Crippen LogP contribution >= 0.6 is 0 Å². The van der Waals surface area contributed by atoms with E-state index < -0.39 is 11.4 Å². The van der Waals surface area contributed by atoms with Gasteiger partial charge >= 0.3 is 6.03 Å². The van der Waals surface area contributed by atoms with E-state index in [-0.39, 0.29) is 24.4 Å². The fraction of sp³-hybridized carbons (Fsp3) is 0.588. The maximum atomic E-state index is 13.7. The van der Waals surface area contributed by atoms with E-state index in [1.807, 2.05) is 0 Å². The van der Waals surface area contributed by atoms with Crippen LogP contribution in [0.5, 0.6) is 5.75 Å². The minimum Gasteiger partial charge on any atom is -0.494 e. The van der Waals surface area contributed by atoms with Crippen molar-refractivity contribution in [3.8, 4) is 5.75 Å². The minimum absolute atomic E-state index is 0.171. The zero-order valence-corrected chi connectivity index (χ0v) is 13.7. The van der Waals surface area contributed by atoms with E-state index >= 15 is 0 Å². The normalized spacial score (nSPS) is 18.1. The van der Waals surface area contributed by atoms with Crippen molar-refractivity contribution in [3.05, 3.63) is 29.6 Å². The van der Waals surface area contributed by atoms with Crippen LogP contribution in [0.15, 0.2) is 18.2 Å². The molecule has 5 nitrogen and oxygen atoms in total. The van der Waals surface area contributed by atoms with Gasteiger partial charge in [-0.05, 0) is 37.5 Å². The van der Waals surface area contributed by atoms with Gasteiger partial charge in [-0.15, -0.1) is 0 Å². The van der Waals surface area contributed by atoms with Crippen LogP contribution in [0.2, 0.25) is 0 Å². The van der Waals surface area contributed by atoms with Crippen molar-refractivity contribution in [3.63, 3.8) is 0 Å². The molecular weight excluding hydrogens is 299 g/mol. The molecule has 6 heteroatoms. The first kappa shape index (κ1) is 17.5. The molecule has 0 aliphatic heterocycles. The van der Waals surface area contributed by atoms with Crippen molar-refractivity contribution in [1.82, 2.24) is 10.6 Å². The highest BCUT2D eigenvalue weighted by Crippen LogP contribution is 2.27. The predicted octanol–water partition coefficient (Wildman–Crippen LogP) is 2.89. The molecule has 0 bridgehead atoms. The summed E-state index contributed by atoms with van der Waals surface area (Å²) < 4.78 is 18.6. The Morgan fingerprint density at radius 3 is 2.70 bits per heavy atom. The highest BCUT2D eigenvalue weighted by Gasteiger charge is 2.29. The number of rotatable bonds is 5. The number of carbonyl (C=O) groups is 1. The van der Waals surface area contributed by atoms with E-state index in [1.165, 1.54) is 19.2 Å². The summed E-state index contributed by atoms with van der Waals surface area (Å²) in [6.07, 6.45) is 4.54. The van der Waals surface area contributed by atoms with Gasteiger partial charge in [0.2, 0.25) is 0 Å². The average Bonchev–Trinajstić information content (AvgIpc) is 2.53. The number of carbonyl (C=O) groups excluding carboxylic acids is 1. The van der Waals surface area contributed by atoms with Gasteiger partial charge in [-0.25, -0.2) is 9.18 Å². The molecule has 1 aromatic rings. The van der Waals surface area contributed by atoms with Crippen LogP contribution in [0.1, 0.15) is 50.6 Å². The van der Waals surface area contributed by atoms with Crippen LogP contribution in [-0.4, -0.2) is 30.4 Å². The zero-order chi connectivity index (χ0) is 16.9. The number of benzene rings is 1. The zero-order valence-electron chi connectivity index (χ0n) is 13.7. The second-order valence-corrected chi connectivity index (χ2v) is 6.23. The van der Waals surface area contributed by atoms with Crippen molar-refractivity contribution >= 4 is 6.03 Å². The summed E-state index contributed by atoms with van der Waals surface area (Å²) in [5.41, 5.74) is -0.153. The minimum atomic E-state index is -0.801. The average molecular weight is 324 g/mol. The lowest BCUT2D eigenvalue weighted by atomic mass is 9.85. The number of ether oxygens (including phenoxy) is 1. The Morgan fingerprint density at radius 2 is 2.09 bits per heavy atom. The van der Waals surface area contributed by atoms with Crippen molar-refractivity contribution in [2.24, 2.45) is 0 Å². The smallest absolute Gasteiger partial charge is 0.315 e. The van der Waals surface area contributed by atoms with Gasteiger partial charge < -0.3 is 20.5 Å². The van der Waals surface area contributed by atoms with Crippen LogP contribution in [0.4, 0.5) is 9.18 Å². The first-order chi connectivity index (χ1) is 10.9. The second-order valence-electron chi connectivity index (χ2n) is 6.23. The summed E-state index contributed by atoms with van der Waals surface area (Å²) in [5, 5.41) is 15.8. The first-order valence-electron chi connectivity index (χ1n) is 8.04. The summed E-state index contributed by atoms with van der Waals surface area (Å²) in [5.74, 6) is -0.291. The van der Waals surface area contributed by atoms with Gasteiger partial charge in [0.05, 0.1) is 18.8 Å². The van der Waals surface area contributed by atoms with Crippen LogP contribution < -0.4 is 15.4 Å². The number of aliphatic hydroxyl groups is 1. The van der Waals surface area contributed by atoms with Gasteiger partial charge in [0, 0.05) is 6.54 Å². The summed E-state index contributed by atoms with van der Waals surface area (Å²) in [6.45, 7) is 2.01. The molecule has 128 valence electrons. The number of nitrogens with one attached hydrogen (secondary N) is 2. The van der Waals surface area contributed by atoms with E-state index in [0.717, 1.165) is 19.3 Å². The van der Waals surface area contributed by atoms with Crippen molar-refractivity contribution in [2.75, 3.05) is 13.7 Å². The molecule has 0 spiro atoms. The molecule has 1 atom stereocenters. The van der Waals surface area contributed by atoms with Crippen molar-refractivity contribution < 1.29 is 19.0 Å². The van der Waals surface area contributed by atoms with Gasteiger partial charge in [0.1, 0.15) is 0 Å². The molecule has 3 N–H and O–H groups in total. The van der Waals surface area contributed by atoms with Crippen LogP contribution in [0, 0.1) is 5.82 Å². The fourth-order valence-corrected chi connectivity index (χ4v) is 2.91. The Morgan fingerprint density at radius 1 is 1.39 bits per heavy atom. The van der Waals surface area contributed by atoms with E-state index in [1.54, 1.807) is 13.0 Å². The quantitative estimate of drug-likeness (QED) is 0.780. The molecule has 1 aliphatic carbocycles. The number of methoxy groups -OCH3 is 1. The topological polar surface area (TPSA) is 70.6 Å². The third-order valence-electron chi connectivity index (χ3n) is 4.39. The molecule has 0 heterocycles. The van der Waals surface area contributed by atoms with Gasteiger partial charge in [-0.3, -0.25) is 0 Å². The van der Waals surface area contributed by atoms with E-state index in [9.17, 15) is 14.3 Å². The van der Waals surface area contributed by atoms with Crippen molar-refractivity contribution in [2.45, 2.75) is 50.7 Å². The van der Waals surface area contributed by atoms with Gasteiger partial charge in [0.25, 0.3) is 0 Å². The molecular formula is C17H25FN2O3. The Balaban J connectivity index is 1.85. The Hall–Kier alpha value is -1.82. The molecule has 23 heavy (non-hydrogen) atoms. The fourth-order valence-electron chi connectivity index (χ4n) is 2.91. The summed E-state index contributed by atoms with van der Waals surface area (Å²) in [6, 6.07) is 3.87. The largest absolute Gasteiger partial charge is 0.494 e. The van der Waals surface area contributed by atoms with Gasteiger partial charge in [-0.1, -0.05) is 25.3 Å². The summed E-state index contributed by atoms with van der Waals surface area (Å²) >= 11 is 0.